The van der Waals surface area contributed by atoms with Crippen molar-refractivity contribution in [3.8, 4) is 0 Å². The molecule has 0 saturated carbocycles. The third-order valence-corrected chi connectivity index (χ3v) is 6.45. The van der Waals surface area contributed by atoms with Gasteiger partial charge in [-0.15, -0.1) is 0 Å². The van der Waals surface area contributed by atoms with Crippen molar-refractivity contribution in [2.24, 2.45) is 0 Å². The average molecular weight is 407 g/mol. The quantitative estimate of drug-likeness (QED) is 0.588. The van der Waals surface area contributed by atoms with Crippen LogP contribution in [0.15, 0.2) is 35.6 Å². The standard InChI is InChI=1S/C20H27FN4O2S/c1-4-6-9-25-18(12-22-20(25)28(26,27)5-2)14-24(3)13-17-11-15-10-16(21)7-8-19(15)23-17/h7-8,10-12,23H,4-6,9,13-14H2,1-3H3. The number of imidazole rings is 1. The van der Waals surface area contributed by atoms with E-state index in [0.29, 0.717) is 19.6 Å². The number of aromatic nitrogens is 3. The SMILES string of the molecule is CCCCn1c(CN(C)Cc2cc3cc(F)ccc3[nH]2)cnc1S(=O)(=O)CC. The molecule has 0 radical (unpaired) electrons. The molecule has 152 valence electrons. The van der Waals surface area contributed by atoms with Crippen molar-refractivity contribution in [1.29, 1.82) is 0 Å². The van der Waals surface area contributed by atoms with Crippen LogP contribution in [-0.2, 0) is 29.5 Å². The van der Waals surface area contributed by atoms with E-state index >= 15 is 0 Å². The Bertz CT molecular complexity index is 1060. The van der Waals surface area contributed by atoms with E-state index in [2.05, 4.69) is 21.8 Å². The number of fused-ring (bicyclic) bond motifs is 1. The number of H-pyrrole nitrogens is 1. The first-order chi connectivity index (χ1) is 13.3. The summed E-state index contributed by atoms with van der Waals surface area (Å²) in [7, 11) is -1.39. The normalized spacial score (nSPS) is 12.3. The lowest BCUT2D eigenvalue weighted by atomic mass is 10.2. The van der Waals surface area contributed by atoms with Gasteiger partial charge in [0.1, 0.15) is 5.82 Å². The first-order valence-corrected chi connectivity index (χ1v) is 11.2. The van der Waals surface area contributed by atoms with Crippen LogP contribution in [0.2, 0.25) is 0 Å². The van der Waals surface area contributed by atoms with Gasteiger partial charge in [0, 0.05) is 36.2 Å². The number of nitrogens with zero attached hydrogens (tertiary/aromatic N) is 3. The van der Waals surface area contributed by atoms with Crippen molar-refractivity contribution >= 4 is 20.7 Å². The Balaban J connectivity index is 1.79. The molecule has 0 atom stereocenters. The summed E-state index contributed by atoms with van der Waals surface area (Å²) in [6.07, 6.45) is 3.53. The van der Waals surface area contributed by atoms with Crippen LogP contribution in [0, 0.1) is 5.82 Å². The Hall–Kier alpha value is -2.19. The monoisotopic (exact) mass is 406 g/mol. The van der Waals surface area contributed by atoms with Gasteiger partial charge in [0.2, 0.25) is 15.0 Å². The number of rotatable bonds is 9. The molecule has 2 heterocycles. The topological polar surface area (TPSA) is 71.0 Å². The van der Waals surface area contributed by atoms with Crippen LogP contribution < -0.4 is 0 Å². The molecule has 28 heavy (non-hydrogen) atoms. The highest BCUT2D eigenvalue weighted by Gasteiger charge is 2.22. The summed E-state index contributed by atoms with van der Waals surface area (Å²) in [6.45, 7) is 5.55. The number of benzene rings is 1. The minimum Gasteiger partial charge on any atom is -0.357 e. The fourth-order valence-corrected chi connectivity index (χ4v) is 4.34. The molecule has 0 bridgehead atoms. The summed E-state index contributed by atoms with van der Waals surface area (Å²) < 4.78 is 40.0. The van der Waals surface area contributed by atoms with Gasteiger partial charge in [0.05, 0.1) is 17.6 Å². The third-order valence-electron chi connectivity index (χ3n) is 4.81. The lowest BCUT2D eigenvalue weighted by Gasteiger charge is -2.18. The largest absolute Gasteiger partial charge is 0.357 e. The Kier molecular flexibility index (Phi) is 6.20. The maximum Gasteiger partial charge on any atom is 0.227 e. The zero-order chi connectivity index (χ0) is 20.3. The van der Waals surface area contributed by atoms with Crippen molar-refractivity contribution in [2.45, 2.75) is 51.5 Å². The van der Waals surface area contributed by atoms with Crippen LogP contribution in [0.5, 0.6) is 0 Å². The van der Waals surface area contributed by atoms with Gasteiger partial charge < -0.3 is 9.55 Å². The molecule has 0 aliphatic rings. The van der Waals surface area contributed by atoms with E-state index in [0.717, 1.165) is 35.1 Å². The summed E-state index contributed by atoms with van der Waals surface area (Å²) in [5.41, 5.74) is 2.75. The van der Waals surface area contributed by atoms with E-state index < -0.39 is 9.84 Å². The van der Waals surface area contributed by atoms with Gasteiger partial charge in [-0.1, -0.05) is 20.3 Å². The smallest absolute Gasteiger partial charge is 0.227 e. The second kappa shape index (κ2) is 8.45. The number of halogens is 1. The predicted octanol–water partition coefficient (Wildman–Crippen LogP) is 3.73. The van der Waals surface area contributed by atoms with E-state index in [1.165, 1.54) is 12.1 Å². The maximum atomic E-state index is 13.4. The minimum atomic E-state index is -3.36. The molecule has 0 amide bonds. The fraction of sp³-hybridized carbons (Fsp3) is 0.450. The van der Waals surface area contributed by atoms with Gasteiger partial charge in [-0.05, 0) is 37.7 Å². The molecule has 0 aliphatic carbocycles. The highest BCUT2D eigenvalue weighted by molar-refractivity contribution is 7.91. The van der Waals surface area contributed by atoms with Crippen molar-refractivity contribution in [3.05, 3.63) is 47.7 Å². The van der Waals surface area contributed by atoms with Gasteiger partial charge in [0.25, 0.3) is 0 Å². The Morgan fingerprint density at radius 3 is 2.71 bits per heavy atom. The van der Waals surface area contributed by atoms with Crippen molar-refractivity contribution in [1.82, 2.24) is 19.4 Å². The molecule has 0 spiro atoms. The molecule has 2 aromatic heterocycles. The zero-order valence-electron chi connectivity index (χ0n) is 16.6. The van der Waals surface area contributed by atoms with E-state index in [-0.39, 0.29) is 16.7 Å². The van der Waals surface area contributed by atoms with E-state index in [1.807, 2.05) is 17.7 Å². The average Bonchev–Trinajstić information content (AvgIpc) is 3.23. The molecule has 3 aromatic rings. The second-order valence-electron chi connectivity index (χ2n) is 7.14. The second-order valence-corrected chi connectivity index (χ2v) is 9.31. The molecule has 0 aliphatic heterocycles. The minimum absolute atomic E-state index is 0.0387. The highest BCUT2D eigenvalue weighted by Crippen LogP contribution is 2.19. The fourth-order valence-electron chi connectivity index (χ4n) is 3.32. The van der Waals surface area contributed by atoms with Crippen LogP contribution in [0.1, 0.15) is 38.1 Å². The van der Waals surface area contributed by atoms with Gasteiger partial charge >= 0.3 is 0 Å². The number of nitrogens with one attached hydrogen (secondary N) is 1. The van der Waals surface area contributed by atoms with Crippen LogP contribution in [-0.4, -0.2) is 40.7 Å². The number of sulfone groups is 1. The Morgan fingerprint density at radius 2 is 2.00 bits per heavy atom. The molecule has 3 rings (SSSR count). The maximum absolute atomic E-state index is 13.4. The highest BCUT2D eigenvalue weighted by atomic mass is 32.2. The number of hydrogen-bond donors (Lipinski definition) is 1. The molecular weight excluding hydrogens is 379 g/mol. The van der Waals surface area contributed by atoms with Gasteiger partial charge in [-0.3, -0.25) is 4.90 Å². The van der Waals surface area contributed by atoms with Gasteiger partial charge in [0.15, 0.2) is 0 Å². The third kappa shape index (κ3) is 4.44. The number of unbranched alkanes of at least 4 members (excludes halogenated alkanes) is 1. The van der Waals surface area contributed by atoms with E-state index in [1.54, 1.807) is 19.2 Å². The van der Waals surface area contributed by atoms with E-state index in [4.69, 9.17) is 0 Å². The van der Waals surface area contributed by atoms with Gasteiger partial charge in [-0.25, -0.2) is 17.8 Å². The molecule has 1 aromatic carbocycles. The molecule has 0 saturated heterocycles. The number of aromatic amines is 1. The van der Waals surface area contributed by atoms with Gasteiger partial charge in [-0.2, -0.15) is 0 Å². The van der Waals surface area contributed by atoms with Crippen LogP contribution in [0.4, 0.5) is 4.39 Å². The molecular formula is C20H27FN4O2S. The van der Waals surface area contributed by atoms with Crippen molar-refractivity contribution < 1.29 is 12.8 Å². The van der Waals surface area contributed by atoms with Crippen molar-refractivity contribution in [3.63, 3.8) is 0 Å². The number of hydrogen-bond acceptors (Lipinski definition) is 4. The lowest BCUT2D eigenvalue weighted by molar-refractivity contribution is 0.304. The zero-order valence-corrected chi connectivity index (χ0v) is 17.4. The summed E-state index contributed by atoms with van der Waals surface area (Å²) in [6, 6.07) is 6.62. The molecule has 0 unspecified atom stereocenters. The Labute approximate surface area is 165 Å². The van der Waals surface area contributed by atoms with Crippen LogP contribution in [0.25, 0.3) is 10.9 Å². The predicted molar refractivity (Wildman–Crippen MR) is 108 cm³/mol. The summed E-state index contributed by atoms with van der Waals surface area (Å²) in [5.74, 6) is -0.215. The molecule has 8 heteroatoms. The molecule has 1 N–H and O–H groups in total. The lowest BCUT2D eigenvalue weighted by Crippen LogP contribution is -2.21. The van der Waals surface area contributed by atoms with E-state index in [9.17, 15) is 12.8 Å². The summed E-state index contributed by atoms with van der Waals surface area (Å²) in [5, 5.41) is 1.00. The molecule has 6 nitrogen and oxygen atoms in total. The summed E-state index contributed by atoms with van der Waals surface area (Å²) in [4.78, 5) is 9.60. The Morgan fingerprint density at radius 1 is 1.21 bits per heavy atom. The summed E-state index contributed by atoms with van der Waals surface area (Å²) >= 11 is 0. The first-order valence-electron chi connectivity index (χ1n) is 9.57. The van der Waals surface area contributed by atoms with Crippen LogP contribution >= 0.6 is 0 Å². The molecule has 0 fully saturated rings. The van der Waals surface area contributed by atoms with Crippen LogP contribution in [0.3, 0.4) is 0 Å². The first kappa shape index (κ1) is 20.5. The van der Waals surface area contributed by atoms with Crippen molar-refractivity contribution in [2.75, 3.05) is 12.8 Å².